The van der Waals surface area contributed by atoms with Crippen LogP contribution in [0.1, 0.15) is 188 Å². The molecule has 0 bridgehead atoms. The summed E-state index contributed by atoms with van der Waals surface area (Å²) in [7, 11) is -4.64. The minimum atomic E-state index is -4.64. The van der Waals surface area contributed by atoms with Crippen LogP contribution >= 0.6 is 7.82 Å². The van der Waals surface area contributed by atoms with Crippen molar-refractivity contribution in [2.75, 3.05) is 19.6 Å². The number of hydrogen-bond donors (Lipinski definition) is 3. The highest BCUT2D eigenvalue weighted by molar-refractivity contribution is 7.45. The van der Waals surface area contributed by atoms with Gasteiger partial charge in [-0.25, -0.2) is 4.57 Å². The number of phosphoric acid groups is 1. The van der Waals surface area contributed by atoms with E-state index in [4.69, 9.17) is 19.2 Å². The third-order valence-electron chi connectivity index (χ3n) is 7.48. The first kappa shape index (κ1) is 40.2. The molecule has 0 aromatic carbocycles. The van der Waals surface area contributed by atoms with E-state index in [0.29, 0.717) is 0 Å². The van der Waals surface area contributed by atoms with Crippen LogP contribution in [0, 0.1) is 0 Å². The van der Waals surface area contributed by atoms with Crippen molar-refractivity contribution in [1.29, 1.82) is 0 Å². The highest BCUT2D eigenvalue weighted by Crippen LogP contribution is 2.25. The van der Waals surface area contributed by atoms with Gasteiger partial charge in [0.05, 0.1) is 0 Å². The predicted molar refractivity (Wildman–Crippen MR) is 168 cm³/mol. The summed E-state index contributed by atoms with van der Waals surface area (Å²) in [4.78, 5) is 24.4. The first-order chi connectivity index (χ1) is 18.3. The molecular formula is C32H70NO4P. The Morgan fingerprint density at radius 1 is 0.368 bits per heavy atom. The molecule has 38 heavy (non-hydrogen) atoms. The SMILES string of the molecule is CCCCCCCCCCCCN(CCCCCCCC)CCCCCCCCCCCC.O=P(O)(O)O. The van der Waals surface area contributed by atoms with E-state index in [0.717, 1.165) is 0 Å². The number of nitrogens with zero attached hydrogens (tertiary/aromatic N) is 1. The Hall–Kier alpha value is 0.0700. The van der Waals surface area contributed by atoms with Crippen LogP contribution in [0.5, 0.6) is 0 Å². The van der Waals surface area contributed by atoms with E-state index in [9.17, 15) is 0 Å². The van der Waals surface area contributed by atoms with Crippen LogP contribution < -0.4 is 0 Å². The van der Waals surface area contributed by atoms with Gasteiger partial charge in [-0.1, -0.05) is 168 Å². The number of unbranched alkanes of at least 4 members (excludes halogenated alkanes) is 23. The highest BCUT2D eigenvalue weighted by atomic mass is 31.2. The molecule has 0 aromatic heterocycles. The van der Waals surface area contributed by atoms with E-state index >= 15 is 0 Å². The summed E-state index contributed by atoms with van der Waals surface area (Å²) in [5.41, 5.74) is 0. The normalized spacial score (nSPS) is 11.7. The molecule has 0 aliphatic carbocycles. The van der Waals surface area contributed by atoms with Crippen molar-refractivity contribution in [2.45, 2.75) is 188 Å². The summed E-state index contributed by atoms with van der Waals surface area (Å²) >= 11 is 0. The van der Waals surface area contributed by atoms with Crippen LogP contribution in [0.2, 0.25) is 0 Å². The second-order valence-corrected chi connectivity index (χ2v) is 12.5. The first-order valence-electron chi connectivity index (χ1n) is 16.9. The van der Waals surface area contributed by atoms with Crippen LogP contribution in [0.3, 0.4) is 0 Å². The van der Waals surface area contributed by atoms with Gasteiger partial charge in [-0.05, 0) is 38.9 Å². The van der Waals surface area contributed by atoms with Crippen LogP contribution in [-0.4, -0.2) is 39.2 Å². The van der Waals surface area contributed by atoms with E-state index in [-0.39, 0.29) is 0 Å². The number of rotatable bonds is 29. The summed E-state index contributed by atoms with van der Waals surface area (Å²) < 4.78 is 8.88. The molecule has 0 saturated heterocycles. The lowest BCUT2D eigenvalue weighted by Crippen LogP contribution is -2.27. The van der Waals surface area contributed by atoms with Gasteiger partial charge < -0.3 is 19.6 Å². The molecule has 0 spiro atoms. The lowest BCUT2D eigenvalue weighted by Gasteiger charge is -2.22. The lowest BCUT2D eigenvalue weighted by atomic mass is 10.1. The molecule has 0 heterocycles. The Morgan fingerprint density at radius 2 is 0.526 bits per heavy atom. The number of hydrogen-bond acceptors (Lipinski definition) is 2. The van der Waals surface area contributed by atoms with E-state index < -0.39 is 7.82 Å². The lowest BCUT2D eigenvalue weighted by molar-refractivity contribution is 0.254. The zero-order valence-electron chi connectivity index (χ0n) is 26.2. The van der Waals surface area contributed by atoms with Crippen LogP contribution in [-0.2, 0) is 4.57 Å². The van der Waals surface area contributed by atoms with E-state index in [1.807, 2.05) is 0 Å². The molecular weight excluding hydrogens is 493 g/mol. The molecule has 3 N–H and O–H groups in total. The smallest absolute Gasteiger partial charge is 0.303 e. The van der Waals surface area contributed by atoms with Crippen LogP contribution in [0.15, 0.2) is 0 Å². The van der Waals surface area contributed by atoms with E-state index in [1.165, 1.54) is 187 Å². The maximum Gasteiger partial charge on any atom is 0.466 e. The standard InChI is InChI=1S/C32H67N.H3O4P/c1-4-7-10-13-16-18-20-22-25-28-31-33(30-27-24-15-12-9-6-3)32-29-26-23-21-19-17-14-11-8-5-2;1-5(2,3)4/h4-32H2,1-3H3;(H3,1,2,3,4). The maximum atomic E-state index is 8.88. The van der Waals surface area contributed by atoms with Crippen molar-refractivity contribution in [2.24, 2.45) is 0 Å². The topological polar surface area (TPSA) is 81.0 Å². The molecule has 0 rings (SSSR count). The van der Waals surface area contributed by atoms with Gasteiger partial charge in [0.2, 0.25) is 0 Å². The minimum Gasteiger partial charge on any atom is -0.303 e. The van der Waals surface area contributed by atoms with Crippen molar-refractivity contribution < 1.29 is 19.2 Å². The molecule has 0 atom stereocenters. The fourth-order valence-electron chi connectivity index (χ4n) is 5.10. The molecule has 0 radical (unpaired) electrons. The highest BCUT2D eigenvalue weighted by Gasteiger charge is 2.05. The van der Waals surface area contributed by atoms with Gasteiger partial charge in [-0.15, -0.1) is 0 Å². The zero-order valence-corrected chi connectivity index (χ0v) is 27.0. The van der Waals surface area contributed by atoms with Gasteiger partial charge in [-0.3, -0.25) is 0 Å². The zero-order chi connectivity index (χ0) is 28.6. The van der Waals surface area contributed by atoms with E-state index in [2.05, 4.69) is 25.7 Å². The summed E-state index contributed by atoms with van der Waals surface area (Å²) in [6.07, 6.45) is 37.6. The Labute approximate surface area is 239 Å². The van der Waals surface area contributed by atoms with Crippen molar-refractivity contribution in [3.63, 3.8) is 0 Å². The van der Waals surface area contributed by atoms with Gasteiger partial charge in [-0.2, -0.15) is 0 Å². The van der Waals surface area contributed by atoms with Gasteiger partial charge in [0.1, 0.15) is 0 Å². The monoisotopic (exact) mass is 564 g/mol. The average molecular weight is 564 g/mol. The van der Waals surface area contributed by atoms with Gasteiger partial charge in [0, 0.05) is 0 Å². The fourth-order valence-corrected chi connectivity index (χ4v) is 5.10. The van der Waals surface area contributed by atoms with Crippen LogP contribution in [0.4, 0.5) is 0 Å². The first-order valence-corrected chi connectivity index (χ1v) is 18.4. The molecule has 0 amide bonds. The molecule has 0 fully saturated rings. The molecule has 6 heteroatoms. The van der Waals surface area contributed by atoms with Gasteiger partial charge in [0.25, 0.3) is 0 Å². The van der Waals surface area contributed by atoms with Crippen molar-refractivity contribution >= 4 is 7.82 Å². The van der Waals surface area contributed by atoms with Crippen LogP contribution in [0.25, 0.3) is 0 Å². The van der Waals surface area contributed by atoms with Crippen molar-refractivity contribution in [3.8, 4) is 0 Å². The Morgan fingerprint density at radius 3 is 0.711 bits per heavy atom. The van der Waals surface area contributed by atoms with Crippen molar-refractivity contribution in [1.82, 2.24) is 4.90 Å². The molecule has 0 aliphatic heterocycles. The summed E-state index contributed by atoms with van der Waals surface area (Å²) in [5, 5.41) is 0. The largest absolute Gasteiger partial charge is 0.466 e. The Bertz CT molecular complexity index is 440. The summed E-state index contributed by atoms with van der Waals surface area (Å²) in [6, 6.07) is 0. The van der Waals surface area contributed by atoms with Crippen molar-refractivity contribution in [3.05, 3.63) is 0 Å². The van der Waals surface area contributed by atoms with Gasteiger partial charge >= 0.3 is 7.82 Å². The predicted octanol–water partition coefficient (Wildman–Crippen LogP) is 10.6. The molecule has 5 nitrogen and oxygen atoms in total. The quantitative estimate of drug-likeness (QED) is 0.0623. The maximum absolute atomic E-state index is 8.88. The molecule has 0 aliphatic rings. The Kier molecular flexibility index (Phi) is 35.2. The minimum absolute atomic E-state index is 1.36. The molecule has 0 aromatic rings. The molecule has 0 unspecified atom stereocenters. The molecule has 0 saturated carbocycles. The third-order valence-corrected chi connectivity index (χ3v) is 7.48. The second-order valence-electron chi connectivity index (χ2n) is 11.5. The average Bonchev–Trinajstić information content (AvgIpc) is 2.86. The third kappa shape index (κ3) is 43.1. The van der Waals surface area contributed by atoms with Gasteiger partial charge in [0.15, 0.2) is 0 Å². The second kappa shape index (κ2) is 33.3. The van der Waals surface area contributed by atoms with E-state index in [1.54, 1.807) is 0 Å². The molecule has 232 valence electrons. The fraction of sp³-hybridized carbons (Fsp3) is 1.00. The summed E-state index contributed by atoms with van der Waals surface area (Å²) in [5.74, 6) is 0. The summed E-state index contributed by atoms with van der Waals surface area (Å²) in [6.45, 7) is 11.0. The Balaban J connectivity index is 0.